The normalized spacial score (nSPS) is 48.0. The van der Waals surface area contributed by atoms with E-state index in [0.717, 1.165) is 52.5 Å². The van der Waals surface area contributed by atoms with Crippen LogP contribution in [0, 0.1) is 41.4 Å². The summed E-state index contributed by atoms with van der Waals surface area (Å²) >= 11 is 0. The zero-order valence-electron chi connectivity index (χ0n) is 17.1. The Hall–Kier alpha value is -0.303. The lowest BCUT2D eigenvalue weighted by Crippen LogP contribution is -2.43. The molecular formula is C23H40Si. The van der Waals surface area contributed by atoms with Crippen LogP contribution < -0.4 is 0 Å². The minimum Gasteiger partial charge on any atom is -0.0808 e. The van der Waals surface area contributed by atoms with Crippen molar-refractivity contribution in [2.75, 3.05) is 0 Å². The Balaban J connectivity index is 1.89. The molecule has 24 heavy (non-hydrogen) atoms. The van der Waals surface area contributed by atoms with Crippen LogP contribution in [0.1, 0.15) is 53.9 Å². The first-order chi connectivity index (χ1) is 11.3. The quantitative estimate of drug-likeness (QED) is 0.474. The van der Waals surface area contributed by atoms with Crippen molar-refractivity contribution in [3.8, 4) is 0 Å². The zero-order valence-corrected chi connectivity index (χ0v) is 18.1. The molecule has 136 valence electrons. The Bertz CT molecular complexity index is 488. The Morgan fingerprint density at radius 3 is 1.92 bits per heavy atom. The number of fused-ring (bicyclic) bond motifs is 1. The molecule has 0 radical (unpaired) electrons. The summed E-state index contributed by atoms with van der Waals surface area (Å²) in [4.78, 5) is 0. The van der Waals surface area contributed by atoms with Gasteiger partial charge < -0.3 is 0 Å². The molecule has 0 N–H and O–H groups in total. The van der Waals surface area contributed by atoms with Gasteiger partial charge in [-0.2, -0.15) is 0 Å². The van der Waals surface area contributed by atoms with Crippen LogP contribution in [0.2, 0.25) is 24.2 Å². The summed E-state index contributed by atoms with van der Waals surface area (Å²) in [5.74, 6) is 6.28. The third-order valence-corrected chi connectivity index (χ3v) is 14.2. The van der Waals surface area contributed by atoms with Crippen molar-refractivity contribution in [3.63, 3.8) is 0 Å². The van der Waals surface area contributed by atoms with Gasteiger partial charge in [0.25, 0.3) is 0 Å². The van der Waals surface area contributed by atoms with Crippen LogP contribution in [0.25, 0.3) is 0 Å². The molecule has 0 spiro atoms. The van der Waals surface area contributed by atoms with Crippen molar-refractivity contribution in [1.29, 1.82) is 0 Å². The molecule has 8 unspecified atom stereocenters. The van der Waals surface area contributed by atoms with E-state index >= 15 is 0 Å². The first-order valence-electron chi connectivity index (χ1n) is 10.7. The highest BCUT2D eigenvalue weighted by molar-refractivity contribution is 6.80. The van der Waals surface area contributed by atoms with Crippen molar-refractivity contribution in [2.24, 2.45) is 41.4 Å². The molecule has 0 aromatic rings. The number of rotatable bonds is 4. The third-order valence-electron chi connectivity index (χ3n) is 8.88. The fourth-order valence-electron chi connectivity index (χ4n) is 7.33. The molecule has 0 bridgehead atoms. The summed E-state index contributed by atoms with van der Waals surface area (Å²) in [6.07, 6.45) is 14.1. The van der Waals surface area contributed by atoms with Crippen molar-refractivity contribution < 1.29 is 0 Å². The molecule has 0 aromatic carbocycles. The Morgan fingerprint density at radius 1 is 0.833 bits per heavy atom. The summed E-state index contributed by atoms with van der Waals surface area (Å²) < 4.78 is 0. The average Bonchev–Trinajstić information content (AvgIpc) is 3.01. The van der Waals surface area contributed by atoms with Crippen LogP contribution in [0.4, 0.5) is 0 Å². The standard InChI is InChI=1S/C23H40Si/c1-8-11-19-14-22(21-13-10-9-12-20(19)21)24(6,7)23-17(4)15(2)16(3)18(23)5/h9-10,12-13,15-23H,8,11,14H2,1-7H3. The van der Waals surface area contributed by atoms with Crippen LogP contribution in [-0.2, 0) is 0 Å². The second kappa shape index (κ2) is 6.78. The molecule has 0 nitrogen and oxygen atoms in total. The molecule has 3 aliphatic carbocycles. The maximum Gasteiger partial charge on any atom is 0.0547 e. The monoisotopic (exact) mass is 344 g/mol. The van der Waals surface area contributed by atoms with Gasteiger partial charge in [0.05, 0.1) is 8.07 Å². The third kappa shape index (κ3) is 2.79. The van der Waals surface area contributed by atoms with Gasteiger partial charge in [-0.15, -0.1) is 0 Å². The molecule has 0 aromatic heterocycles. The van der Waals surface area contributed by atoms with E-state index in [2.05, 4.69) is 72.0 Å². The molecule has 0 amide bonds. The molecular weight excluding hydrogens is 304 g/mol. The lowest BCUT2D eigenvalue weighted by molar-refractivity contribution is 0.352. The van der Waals surface area contributed by atoms with Crippen LogP contribution in [0.15, 0.2) is 24.3 Å². The fourth-order valence-corrected chi connectivity index (χ4v) is 13.4. The summed E-state index contributed by atoms with van der Waals surface area (Å²) in [6.45, 7) is 18.1. The summed E-state index contributed by atoms with van der Waals surface area (Å²) in [5.41, 5.74) is 2.00. The van der Waals surface area contributed by atoms with E-state index in [4.69, 9.17) is 0 Å². The summed E-state index contributed by atoms with van der Waals surface area (Å²) in [5, 5.41) is 0. The van der Waals surface area contributed by atoms with Gasteiger partial charge in [0.2, 0.25) is 0 Å². The van der Waals surface area contributed by atoms with Gasteiger partial charge in [0, 0.05) is 0 Å². The van der Waals surface area contributed by atoms with Crippen molar-refractivity contribution in [1.82, 2.24) is 0 Å². The fraction of sp³-hybridized carbons (Fsp3) is 0.826. The second-order valence-electron chi connectivity index (χ2n) is 10.1. The first kappa shape index (κ1) is 18.5. The molecule has 0 saturated heterocycles. The molecule has 8 atom stereocenters. The number of allylic oxidation sites excluding steroid dienone is 4. The van der Waals surface area contributed by atoms with Crippen LogP contribution in [0.3, 0.4) is 0 Å². The summed E-state index contributed by atoms with van der Waals surface area (Å²) in [7, 11) is -1.31. The first-order valence-corrected chi connectivity index (χ1v) is 13.8. The van der Waals surface area contributed by atoms with E-state index in [1.807, 2.05) is 0 Å². The van der Waals surface area contributed by atoms with E-state index in [0.29, 0.717) is 0 Å². The zero-order chi connectivity index (χ0) is 17.6. The van der Waals surface area contributed by atoms with Crippen molar-refractivity contribution >= 4 is 8.07 Å². The molecule has 3 rings (SSSR count). The predicted molar refractivity (Wildman–Crippen MR) is 110 cm³/mol. The molecule has 2 fully saturated rings. The Labute approximate surface area is 152 Å². The molecule has 3 aliphatic rings. The van der Waals surface area contributed by atoms with E-state index < -0.39 is 8.07 Å². The Kier molecular flexibility index (Phi) is 5.22. The highest BCUT2D eigenvalue weighted by atomic mass is 28.3. The molecule has 2 saturated carbocycles. The van der Waals surface area contributed by atoms with Crippen molar-refractivity contribution in [2.45, 2.75) is 78.1 Å². The van der Waals surface area contributed by atoms with Gasteiger partial charge in [0.15, 0.2) is 0 Å². The molecule has 0 heterocycles. The lowest BCUT2D eigenvalue weighted by Gasteiger charge is -2.43. The van der Waals surface area contributed by atoms with E-state index in [9.17, 15) is 0 Å². The average molecular weight is 345 g/mol. The van der Waals surface area contributed by atoms with Crippen LogP contribution >= 0.6 is 0 Å². The van der Waals surface area contributed by atoms with E-state index in [1.54, 1.807) is 0 Å². The smallest absolute Gasteiger partial charge is 0.0547 e. The van der Waals surface area contributed by atoms with E-state index in [1.165, 1.54) is 19.3 Å². The van der Waals surface area contributed by atoms with Gasteiger partial charge in [-0.3, -0.25) is 0 Å². The molecule has 1 heteroatoms. The van der Waals surface area contributed by atoms with Crippen LogP contribution in [-0.4, -0.2) is 8.07 Å². The van der Waals surface area contributed by atoms with E-state index in [-0.39, 0.29) is 0 Å². The van der Waals surface area contributed by atoms with Gasteiger partial charge in [-0.25, -0.2) is 0 Å². The highest BCUT2D eigenvalue weighted by Crippen LogP contribution is 2.62. The van der Waals surface area contributed by atoms with Gasteiger partial charge in [0.1, 0.15) is 0 Å². The highest BCUT2D eigenvalue weighted by Gasteiger charge is 2.56. The molecule has 0 aliphatic heterocycles. The summed E-state index contributed by atoms with van der Waals surface area (Å²) in [6, 6.07) is 0. The number of hydrogen-bond donors (Lipinski definition) is 0. The topological polar surface area (TPSA) is 0 Å². The van der Waals surface area contributed by atoms with Crippen LogP contribution in [0.5, 0.6) is 0 Å². The van der Waals surface area contributed by atoms with Crippen molar-refractivity contribution in [3.05, 3.63) is 24.3 Å². The maximum atomic E-state index is 2.76. The SMILES string of the molecule is CCCC1CC([Si](C)(C)C2C(C)C(C)C(C)C2C)C2C=CC=CC12. The maximum absolute atomic E-state index is 2.76. The minimum atomic E-state index is -1.31. The Morgan fingerprint density at radius 2 is 1.38 bits per heavy atom. The minimum absolute atomic E-state index is 0.841. The lowest BCUT2D eigenvalue weighted by atomic mass is 9.84. The van der Waals surface area contributed by atoms with Gasteiger partial charge >= 0.3 is 0 Å². The largest absolute Gasteiger partial charge is 0.0808 e. The predicted octanol–water partition coefficient (Wildman–Crippen LogP) is 7.17. The second-order valence-corrected chi connectivity index (χ2v) is 15.2. The number of hydrogen-bond acceptors (Lipinski definition) is 0. The van der Waals surface area contributed by atoms with Gasteiger partial charge in [-0.05, 0) is 58.9 Å². The van der Waals surface area contributed by atoms with Gasteiger partial charge in [-0.1, -0.05) is 84.9 Å².